The Labute approximate surface area is 93.1 Å². The highest BCUT2D eigenvalue weighted by Crippen LogP contribution is 2.21. The van der Waals surface area contributed by atoms with Gasteiger partial charge in [-0.25, -0.2) is 9.97 Å². The molecule has 0 aliphatic heterocycles. The molecule has 0 aliphatic rings. The van der Waals surface area contributed by atoms with E-state index in [0.29, 0.717) is 11.8 Å². The molecule has 2 aromatic rings. The van der Waals surface area contributed by atoms with Gasteiger partial charge in [0.2, 0.25) is 0 Å². The van der Waals surface area contributed by atoms with E-state index in [4.69, 9.17) is 16.3 Å². The van der Waals surface area contributed by atoms with Crippen molar-refractivity contribution >= 4 is 22.6 Å². The first-order chi connectivity index (χ1) is 7.20. The van der Waals surface area contributed by atoms with Gasteiger partial charge in [-0.2, -0.15) is 0 Å². The highest BCUT2D eigenvalue weighted by Gasteiger charge is 2.03. The number of hydrogen-bond donors (Lipinski definition) is 0. The van der Waals surface area contributed by atoms with Crippen LogP contribution in [0.15, 0.2) is 18.2 Å². The Hall–Kier alpha value is -1.35. The maximum atomic E-state index is 5.90. The molecule has 0 saturated carbocycles. The lowest BCUT2D eigenvalue weighted by Gasteiger charge is -2.04. The second-order valence-electron chi connectivity index (χ2n) is 3.18. The van der Waals surface area contributed by atoms with Gasteiger partial charge >= 0.3 is 0 Å². The normalized spacial score (nSPS) is 10.6. The predicted molar refractivity (Wildman–Crippen MR) is 60.5 cm³/mol. The van der Waals surface area contributed by atoms with Crippen molar-refractivity contribution in [2.24, 2.45) is 0 Å². The molecule has 0 atom stereocenters. The van der Waals surface area contributed by atoms with Crippen LogP contribution in [-0.2, 0) is 0 Å². The van der Waals surface area contributed by atoms with Gasteiger partial charge in [-0.3, -0.25) is 0 Å². The summed E-state index contributed by atoms with van der Waals surface area (Å²) in [5.74, 6) is 0.791. The first-order valence-electron chi connectivity index (χ1n) is 4.77. The molecule has 15 heavy (non-hydrogen) atoms. The van der Waals surface area contributed by atoms with Gasteiger partial charge in [0.15, 0.2) is 5.15 Å². The monoisotopic (exact) mass is 222 g/mol. The maximum Gasteiger partial charge on any atom is 0.150 e. The number of halogens is 1. The molecule has 1 aromatic heterocycles. The summed E-state index contributed by atoms with van der Waals surface area (Å²) in [5, 5.41) is 0.441. The van der Waals surface area contributed by atoms with Crippen molar-refractivity contribution in [3.63, 3.8) is 0 Å². The third-order valence-electron chi connectivity index (χ3n) is 2.06. The van der Waals surface area contributed by atoms with Gasteiger partial charge in [0, 0.05) is 6.07 Å². The van der Waals surface area contributed by atoms with Crippen molar-refractivity contribution in [1.82, 2.24) is 9.97 Å². The lowest BCUT2D eigenvalue weighted by Crippen LogP contribution is -1.93. The number of rotatable bonds is 2. The molecule has 0 spiro atoms. The number of aromatic nitrogens is 2. The molecule has 0 radical (unpaired) electrons. The number of benzene rings is 1. The molecular formula is C11H11ClN2O. The first-order valence-corrected chi connectivity index (χ1v) is 5.15. The van der Waals surface area contributed by atoms with Crippen molar-refractivity contribution in [3.8, 4) is 5.75 Å². The second-order valence-corrected chi connectivity index (χ2v) is 3.54. The van der Waals surface area contributed by atoms with E-state index in [-0.39, 0.29) is 0 Å². The first kappa shape index (κ1) is 10.2. The lowest BCUT2D eigenvalue weighted by atomic mass is 10.3. The summed E-state index contributed by atoms with van der Waals surface area (Å²) >= 11 is 5.90. The molecule has 0 amide bonds. The Morgan fingerprint density at radius 2 is 2.07 bits per heavy atom. The zero-order chi connectivity index (χ0) is 10.8. The molecular weight excluding hydrogens is 212 g/mol. The minimum absolute atomic E-state index is 0.441. The smallest absolute Gasteiger partial charge is 0.150 e. The molecule has 0 bridgehead atoms. The molecule has 0 saturated heterocycles. The van der Waals surface area contributed by atoms with Crippen LogP contribution in [0.25, 0.3) is 11.0 Å². The van der Waals surface area contributed by atoms with Gasteiger partial charge in [0.1, 0.15) is 5.75 Å². The van der Waals surface area contributed by atoms with E-state index in [9.17, 15) is 0 Å². The summed E-state index contributed by atoms with van der Waals surface area (Å²) in [4.78, 5) is 8.57. The third kappa shape index (κ3) is 2.02. The molecule has 0 aliphatic carbocycles. The van der Waals surface area contributed by atoms with Gasteiger partial charge < -0.3 is 4.74 Å². The molecule has 78 valence electrons. The Morgan fingerprint density at radius 3 is 2.80 bits per heavy atom. The van der Waals surface area contributed by atoms with Gasteiger partial charge in [0.25, 0.3) is 0 Å². The van der Waals surface area contributed by atoms with Crippen molar-refractivity contribution in [1.29, 1.82) is 0 Å². The fraction of sp³-hybridized carbons (Fsp3) is 0.273. The maximum absolute atomic E-state index is 5.90. The Balaban J connectivity index is 2.56. The Kier molecular flexibility index (Phi) is 2.73. The van der Waals surface area contributed by atoms with Crippen LogP contribution in [0.1, 0.15) is 12.6 Å². The van der Waals surface area contributed by atoms with Gasteiger partial charge in [-0.1, -0.05) is 11.6 Å². The highest BCUT2D eigenvalue weighted by molar-refractivity contribution is 6.30. The molecule has 2 rings (SSSR count). The van der Waals surface area contributed by atoms with E-state index < -0.39 is 0 Å². The fourth-order valence-electron chi connectivity index (χ4n) is 1.36. The van der Waals surface area contributed by atoms with Crippen molar-refractivity contribution in [2.75, 3.05) is 6.61 Å². The van der Waals surface area contributed by atoms with Crippen LogP contribution in [-0.4, -0.2) is 16.6 Å². The van der Waals surface area contributed by atoms with E-state index >= 15 is 0 Å². The molecule has 1 heterocycles. The number of ether oxygens (including phenoxy) is 1. The predicted octanol–water partition coefficient (Wildman–Crippen LogP) is 2.99. The van der Waals surface area contributed by atoms with Crippen LogP contribution in [0.5, 0.6) is 5.75 Å². The summed E-state index contributed by atoms with van der Waals surface area (Å²) in [7, 11) is 0. The number of aryl methyl sites for hydroxylation is 1. The van der Waals surface area contributed by atoms with E-state index in [1.807, 2.05) is 32.0 Å². The van der Waals surface area contributed by atoms with E-state index in [2.05, 4.69) is 9.97 Å². The largest absolute Gasteiger partial charge is 0.494 e. The van der Waals surface area contributed by atoms with E-state index in [0.717, 1.165) is 22.5 Å². The second kappa shape index (κ2) is 4.03. The number of hydrogen-bond acceptors (Lipinski definition) is 3. The molecule has 1 aromatic carbocycles. The quantitative estimate of drug-likeness (QED) is 0.784. The Morgan fingerprint density at radius 1 is 1.27 bits per heavy atom. The molecule has 4 heteroatoms. The fourth-order valence-corrected chi connectivity index (χ4v) is 1.49. The van der Waals surface area contributed by atoms with Crippen LogP contribution in [0.4, 0.5) is 0 Å². The van der Waals surface area contributed by atoms with Crippen LogP contribution < -0.4 is 4.74 Å². The summed E-state index contributed by atoms with van der Waals surface area (Å²) in [5.41, 5.74) is 2.34. The number of nitrogens with zero attached hydrogens (tertiary/aromatic N) is 2. The third-order valence-corrected chi connectivity index (χ3v) is 2.42. The van der Waals surface area contributed by atoms with E-state index in [1.165, 1.54) is 0 Å². The van der Waals surface area contributed by atoms with Crippen molar-refractivity contribution in [3.05, 3.63) is 29.0 Å². The van der Waals surface area contributed by atoms with Crippen molar-refractivity contribution < 1.29 is 4.74 Å². The molecule has 0 unspecified atom stereocenters. The van der Waals surface area contributed by atoms with Crippen molar-refractivity contribution in [2.45, 2.75) is 13.8 Å². The Bertz CT molecular complexity index is 499. The van der Waals surface area contributed by atoms with E-state index in [1.54, 1.807) is 0 Å². The lowest BCUT2D eigenvalue weighted by molar-refractivity contribution is 0.340. The summed E-state index contributed by atoms with van der Waals surface area (Å²) in [6, 6.07) is 5.61. The average molecular weight is 223 g/mol. The van der Waals surface area contributed by atoms with Crippen LogP contribution in [0.3, 0.4) is 0 Å². The zero-order valence-corrected chi connectivity index (χ0v) is 9.38. The molecule has 0 fully saturated rings. The molecule has 3 nitrogen and oxygen atoms in total. The number of fused-ring (bicyclic) bond motifs is 1. The van der Waals surface area contributed by atoms with Gasteiger partial charge in [0.05, 0.1) is 23.3 Å². The standard InChI is InChI=1S/C11H11ClN2O/c1-3-15-8-4-5-9-10(6-8)14-11(12)7(2)13-9/h4-6H,3H2,1-2H3. The van der Waals surface area contributed by atoms with Crippen LogP contribution >= 0.6 is 11.6 Å². The minimum Gasteiger partial charge on any atom is -0.494 e. The highest BCUT2D eigenvalue weighted by atomic mass is 35.5. The zero-order valence-electron chi connectivity index (χ0n) is 8.62. The average Bonchev–Trinajstić information content (AvgIpc) is 2.21. The molecule has 0 N–H and O–H groups in total. The topological polar surface area (TPSA) is 35.0 Å². The summed E-state index contributed by atoms with van der Waals surface area (Å²) in [6.45, 7) is 4.42. The summed E-state index contributed by atoms with van der Waals surface area (Å²) in [6.07, 6.45) is 0. The van der Waals surface area contributed by atoms with Gasteiger partial charge in [-0.15, -0.1) is 0 Å². The summed E-state index contributed by atoms with van der Waals surface area (Å²) < 4.78 is 5.37. The van der Waals surface area contributed by atoms with Crippen LogP contribution in [0.2, 0.25) is 5.15 Å². The minimum atomic E-state index is 0.441. The van der Waals surface area contributed by atoms with Crippen LogP contribution in [0, 0.1) is 6.92 Å². The van der Waals surface area contributed by atoms with Gasteiger partial charge in [-0.05, 0) is 26.0 Å². The SMILES string of the molecule is CCOc1ccc2nc(C)c(Cl)nc2c1.